The smallest absolute Gasteiger partial charge is 0.236 e. The number of pyridine rings is 1. The molecule has 0 amide bonds. The molecule has 1 aromatic rings. The highest BCUT2D eigenvalue weighted by atomic mass is 127. The highest BCUT2D eigenvalue weighted by molar-refractivity contribution is 14.1. The molecule has 0 aliphatic heterocycles. The summed E-state index contributed by atoms with van der Waals surface area (Å²) in [6.07, 6.45) is -4.39. The van der Waals surface area contributed by atoms with Crippen LogP contribution in [0.4, 0.5) is 13.2 Å². The van der Waals surface area contributed by atoms with E-state index < -0.39 is 11.9 Å². The van der Waals surface area contributed by atoms with Gasteiger partial charge in [0, 0.05) is 4.47 Å². The Kier molecular flexibility index (Phi) is 2.97. The zero-order chi connectivity index (χ0) is 9.35. The molecule has 0 radical (unpaired) electrons. The van der Waals surface area contributed by atoms with Crippen LogP contribution in [0.3, 0.4) is 0 Å². The Bertz CT molecular complexity index is 299. The Labute approximate surface area is 88.6 Å². The van der Waals surface area contributed by atoms with E-state index in [1.54, 1.807) is 22.6 Å². The highest BCUT2D eigenvalue weighted by Crippen LogP contribution is 2.33. The summed E-state index contributed by atoms with van der Waals surface area (Å²) < 4.78 is 36.7. The maximum atomic E-state index is 12.1. The standard InChI is InChI=1S/C6H2BrF3IN/c7-3-1-2-4(11)12-5(3)6(8,9)10/h1-2H. The summed E-state index contributed by atoms with van der Waals surface area (Å²) in [6, 6.07) is 2.83. The van der Waals surface area contributed by atoms with Gasteiger partial charge in [-0.3, -0.25) is 0 Å². The number of nitrogens with zero attached hydrogens (tertiary/aromatic N) is 1. The number of alkyl halides is 3. The van der Waals surface area contributed by atoms with Crippen molar-refractivity contribution in [3.8, 4) is 0 Å². The fraction of sp³-hybridized carbons (Fsp3) is 0.167. The zero-order valence-corrected chi connectivity index (χ0v) is 9.24. The monoisotopic (exact) mass is 351 g/mol. The van der Waals surface area contributed by atoms with Crippen LogP contribution in [0.25, 0.3) is 0 Å². The van der Waals surface area contributed by atoms with E-state index in [9.17, 15) is 13.2 Å². The van der Waals surface area contributed by atoms with Gasteiger partial charge < -0.3 is 0 Å². The predicted molar refractivity (Wildman–Crippen MR) is 49.7 cm³/mol. The van der Waals surface area contributed by atoms with Crippen molar-refractivity contribution in [2.75, 3.05) is 0 Å². The second-order valence-electron chi connectivity index (χ2n) is 1.96. The lowest BCUT2D eigenvalue weighted by Crippen LogP contribution is -2.09. The Hall–Kier alpha value is 0.150. The minimum Gasteiger partial charge on any atom is -0.236 e. The molecule has 1 aromatic heterocycles. The molecule has 0 aromatic carbocycles. The van der Waals surface area contributed by atoms with E-state index in [1.807, 2.05) is 0 Å². The Balaban J connectivity index is 3.23. The van der Waals surface area contributed by atoms with Gasteiger partial charge in [-0.15, -0.1) is 0 Å². The molecule has 1 nitrogen and oxygen atoms in total. The lowest BCUT2D eigenvalue weighted by Gasteiger charge is -2.07. The Morgan fingerprint density at radius 1 is 1.33 bits per heavy atom. The second kappa shape index (κ2) is 3.49. The predicted octanol–water partition coefficient (Wildman–Crippen LogP) is 3.47. The van der Waals surface area contributed by atoms with Gasteiger partial charge in [-0.1, -0.05) is 0 Å². The molecule has 0 saturated carbocycles. The minimum atomic E-state index is -4.39. The molecule has 0 aliphatic rings. The van der Waals surface area contributed by atoms with Gasteiger partial charge in [0.1, 0.15) is 3.70 Å². The lowest BCUT2D eigenvalue weighted by molar-refractivity contribution is -0.141. The largest absolute Gasteiger partial charge is 0.434 e. The molecule has 0 N–H and O–H groups in total. The van der Waals surface area contributed by atoms with Crippen molar-refractivity contribution < 1.29 is 13.2 Å². The summed E-state index contributed by atoms with van der Waals surface area (Å²) in [5.74, 6) is 0. The van der Waals surface area contributed by atoms with Gasteiger partial charge in [0.15, 0.2) is 5.69 Å². The molecule has 0 atom stereocenters. The Morgan fingerprint density at radius 3 is 2.33 bits per heavy atom. The summed E-state index contributed by atoms with van der Waals surface area (Å²) in [7, 11) is 0. The molecule has 12 heavy (non-hydrogen) atoms. The van der Waals surface area contributed by atoms with E-state index in [2.05, 4.69) is 20.9 Å². The third-order valence-corrected chi connectivity index (χ3v) is 2.32. The molecule has 0 spiro atoms. The molecule has 0 saturated heterocycles. The van der Waals surface area contributed by atoms with Crippen molar-refractivity contribution in [1.29, 1.82) is 0 Å². The van der Waals surface area contributed by atoms with Crippen LogP contribution in [0, 0.1) is 3.70 Å². The Morgan fingerprint density at radius 2 is 1.92 bits per heavy atom. The van der Waals surface area contributed by atoms with Gasteiger partial charge in [-0.25, -0.2) is 4.98 Å². The first-order valence-corrected chi connectivity index (χ1v) is 4.67. The molecular formula is C6H2BrF3IN. The fourth-order valence-corrected chi connectivity index (χ4v) is 1.48. The second-order valence-corrected chi connectivity index (χ2v) is 3.92. The molecule has 6 heteroatoms. The normalized spacial score (nSPS) is 11.8. The van der Waals surface area contributed by atoms with Gasteiger partial charge in [0.2, 0.25) is 0 Å². The molecule has 0 aliphatic carbocycles. The van der Waals surface area contributed by atoms with Crippen LogP contribution < -0.4 is 0 Å². The third kappa shape index (κ3) is 2.32. The molecule has 0 unspecified atom stereocenters. The van der Waals surface area contributed by atoms with Gasteiger partial charge in [-0.2, -0.15) is 13.2 Å². The average Bonchev–Trinajstić information content (AvgIpc) is 1.92. The summed E-state index contributed by atoms with van der Waals surface area (Å²) in [5.41, 5.74) is -0.880. The summed E-state index contributed by atoms with van der Waals surface area (Å²) in [6.45, 7) is 0. The van der Waals surface area contributed by atoms with Gasteiger partial charge in [0.25, 0.3) is 0 Å². The van der Waals surface area contributed by atoms with Crippen molar-refractivity contribution in [2.24, 2.45) is 0 Å². The number of aromatic nitrogens is 1. The van der Waals surface area contributed by atoms with Crippen LogP contribution in [0.15, 0.2) is 16.6 Å². The first kappa shape index (κ1) is 10.2. The van der Waals surface area contributed by atoms with Crippen molar-refractivity contribution in [1.82, 2.24) is 4.98 Å². The van der Waals surface area contributed by atoms with E-state index >= 15 is 0 Å². The SMILES string of the molecule is FC(F)(F)c1nc(I)ccc1Br. The van der Waals surface area contributed by atoms with E-state index in [4.69, 9.17) is 0 Å². The van der Waals surface area contributed by atoms with Gasteiger partial charge in [-0.05, 0) is 50.7 Å². The fourth-order valence-electron chi connectivity index (χ4n) is 0.617. The van der Waals surface area contributed by atoms with Crippen molar-refractivity contribution in [3.05, 3.63) is 26.0 Å². The molecule has 0 fully saturated rings. The molecule has 0 bridgehead atoms. The minimum absolute atomic E-state index is 0.0320. The summed E-state index contributed by atoms with van der Waals surface area (Å²) >= 11 is 4.51. The maximum absolute atomic E-state index is 12.1. The third-order valence-electron chi connectivity index (χ3n) is 1.08. The topological polar surface area (TPSA) is 12.9 Å². The van der Waals surface area contributed by atoms with Crippen LogP contribution in [-0.4, -0.2) is 4.98 Å². The lowest BCUT2D eigenvalue weighted by atomic mass is 10.3. The molecule has 66 valence electrons. The molecule has 1 heterocycles. The number of halogens is 5. The zero-order valence-electron chi connectivity index (χ0n) is 5.49. The van der Waals surface area contributed by atoms with Crippen LogP contribution in [0.2, 0.25) is 0 Å². The number of hydrogen-bond acceptors (Lipinski definition) is 1. The quantitative estimate of drug-likeness (QED) is 0.515. The summed E-state index contributed by atoms with van der Waals surface area (Å²) in [5, 5.41) is 0. The first-order chi connectivity index (χ1) is 5.41. The van der Waals surface area contributed by atoms with Crippen LogP contribution in [0.1, 0.15) is 5.69 Å². The first-order valence-electron chi connectivity index (χ1n) is 2.80. The highest BCUT2D eigenvalue weighted by Gasteiger charge is 2.34. The van der Waals surface area contributed by atoms with Crippen molar-refractivity contribution in [2.45, 2.75) is 6.18 Å². The van der Waals surface area contributed by atoms with Crippen molar-refractivity contribution in [3.63, 3.8) is 0 Å². The van der Waals surface area contributed by atoms with Crippen molar-refractivity contribution >= 4 is 38.5 Å². The molecular weight excluding hydrogens is 350 g/mol. The van der Waals surface area contributed by atoms with E-state index in [0.717, 1.165) is 0 Å². The number of rotatable bonds is 0. The van der Waals surface area contributed by atoms with Gasteiger partial charge >= 0.3 is 6.18 Å². The van der Waals surface area contributed by atoms with E-state index in [-0.39, 0.29) is 4.47 Å². The maximum Gasteiger partial charge on any atom is 0.434 e. The van der Waals surface area contributed by atoms with E-state index in [0.29, 0.717) is 3.70 Å². The van der Waals surface area contributed by atoms with Gasteiger partial charge in [0.05, 0.1) is 0 Å². The van der Waals surface area contributed by atoms with Crippen LogP contribution >= 0.6 is 38.5 Å². The number of hydrogen-bond donors (Lipinski definition) is 0. The average molecular weight is 352 g/mol. The van der Waals surface area contributed by atoms with E-state index in [1.165, 1.54) is 12.1 Å². The van der Waals surface area contributed by atoms with Crippen LogP contribution in [-0.2, 0) is 6.18 Å². The molecule has 1 rings (SSSR count). The summed E-state index contributed by atoms with van der Waals surface area (Å²) in [4.78, 5) is 3.36. The van der Waals surface area contributed by atoms with Crippen LogP contribution in [0.5, 0.6) is 0 Å².